The van der Waals surface area contributed by atoms with Gasteiger partial charge in [0.25, 0.3) is 0 Å². The maximum atomic E-state index is 13.4. The monoisotopic (exact) mass is 222 g/mol. The van der Waals surface area contributed by atoms with E-state index in [1.807, 2.05) is 0 Å². The molecule has 0 atom stereocenters. The van der Waals surface area contributed by atoms with E-state index in [9.17, 15) is 9.18 Å². The molecule has 0 unspecified atom stereocenters. The number of methoxy groups -OCH3 is 1. The molecular formula is C12H11FO3. The molecule has 0 saturated carbocycles. The highest BCUT2D eigenvalue weighted by atomic mass is 19.1. The molecule has 16 heavy (non-hydrogen) atoms. The van der Waals surface area contributed by atoms with Gasteiger partial charge in [-0.1, -0.05) is 11.8 Å². The van der Waals surface area contributed by atoms with Crippen LogP contribution in [0.2, 0.25) is 0 Å². The van der Waals surface area contributed by atoms with Crippen molar-refractivity contribution in [2.45, 2.75) is 6.42 Å². The summed E-state index contributed by atoms with van der Waals surface area (Å²) in [5.74, 6) is 4.98. The van der Waals surface area contributed by atoms with Crippen molar-refractivity contribution in [2.24, 2.45) is 0 Å². The van der Waals surface area contributed by atoms with E-state index in [1.54, 1.807) is 6.07 Å². The van der Waals surface area contributed by atoms with Crippen LogP contribution in [0.4, 0.5) is 4.39 Å². The number of halogens is 1. The fourth-order valence-electron chi connectivity index (χ4n) is 1.00. The van der Waals surface area contributed by atoms with Crippen molar-refractivity contribution in [3.63, 3.8) is 0 Å². The Morgan fingerprint density at radius 1 is 1.50 bits per heavy atom. The summed E-state index contributed by atoms with van der Waals surface area (Å²) in [4.78, 5) is 10.0. The molecular weight excluding hydrogens is 211 g/mol. The maximum absolute atomic E-state index is 13.4. The molecule has 1 rings (SSSR count). The molecule has 0 saturated heterocycles. The molecule has 1 aromatic rings. The SMILES string of the molecule is COCOc1ccc(C#CCC=O)c(F)c1. The summed E-state index contributed by atoms with van der Waals surface area (Å²) < 4.78 is 23.1. The molecule has 0 radical (unpaired) electrons. The lowest BCUT2D eigenvalue weighted by molar-refractivity contribution is -0.107. The highest BCUT2D eigenvalue weighted by molar-refractivity contribution is 5.55. The van der Waals surface area contributed by atoms with Crippen molar-refractivity contribution in [2.75, 3.05) is 13.9 Å². The lowest BCUT2D eigenvalue weighted by Gasteiger charge is -2.04. The van der Waals surface area contributed by atoms with Crippen LogP contribution in [0.15, 0.2) is 18.2 Å². The summed E-state index contributed by atoms with van der Waals surface area (Å²) >= 11 is 0. The summed E-state index contributed by atoms with van der Waals surface area (Å²) in [7, 11) is 1.48. The van der Waals surface area contributed by atoms with Gasteiger partial charge in [0.1, 0.15) is 17.9 Å². The average molecular weight is 222 g/mol. The van der Waals surface area contributed by atoms with Gasteiger partial charge in [-0.2, -0.15) is 0 Å². The molecule has 0 heterocycles. The normalized spacial score (nSPS) is 9.12. The minimum atomic E-state index is -0.480. The summed E-state index contributed by atoms with van der Waals surface area (Å²) in [6.07, 6.45) is 0.766. The van der Waals surface area contributed by atoms with Crippen LogP contribution in [-0.2, 0) is 9.53 Å². The van der Waals surface area contributed by atoms with E-state index in [-0.39, 0.29) is 18.8 Å². The first-order valence-corrected chi connectivity index (χ1v) is 4.61. The van der Waals surface area contributed by atoms with Gasteiger partial charge in [-0.15, -0.1) is 0 Å². The zero-order chi connectivity index (χ0) is 11.8. The fourth-order valence-corrected chi connectivity index (χ4v) is 1.00. The van der Waals surface area contributed by atoms with Crippen molar-refractivity contribution in [3.8, 4) is 17.6 Å². The third kappa shape index (κ3) is 3.71. The van der Waals surface area contributed by atoms with E-state index in [1.165, 1.54) is 19.2 Å². The van der Waals surface area contributed by atoms with Gasteiger partial charge in [0, 0.05) is 13.2 Å². The van der Waals surface area contributed by atoms with Gasteiger partial charge in [-0.05, 0) is 12.1 Å². The number of hydrogen-bond donors (Lipinski definition) is 0. The lowest BCUT2D eigenvalue weighted by atomic mass is 10.2. The Kier molecular flexibility index (Phi) is 5.03. The number of rotatable bonds is 4. The lowest BCUT2D eigenvalue weighted by Crippen LogP contribution is -1.99. The van der Waals surface area contributed by atoms with Crippen LogP contribution in [0.25, 0.3) is 0 Å². The van der Waals surface area contributed by atoms with E-state index < -0.39 is 5.82 Å². The molecule has 1 aromatic carbocycles. The third-order valence-electron chi connectivity index (χ3n) is 1.69. The van der Waals surface area contributed by atoms with Crippen LogP contribution < -0.4 is 4.74 Å². The number of carbonyl (C=O) groups is 1. The minimum absolute atomic E-state index is 0.0651. The number of aldehydes is 1. The van der Waals surface area contributed by atoms with E-state index in [2.05, 4.69) is 16.6 Å². The standard InChI is InChI=1S/C12H11FO3/c1-15-9-16-11-6-5-10(12(13)8-11)4-2-3-7-14/h5-8H,3,9H2,1H3. The Labute approximate surface area is 93.2 Å². The van der Waals surface area contributed by atoms with Gasteiger partial charge >= 0.3 is 0 Å². The Morgan fingerprint density at radius 3 is 2.94 bits per heavy atom. The summed E-state index contributed by atoms with van der Waals surface area (Å²) in [5.41, 5.74) is 0.242. The number of hydrogen-bond acceptors (Lipinski definition) is 3. The zero-order valence-electron chi connectivity index (χ0n) is 8.83. The Bertz CT molecular complexity index is 418. The predicted octanol–water partition coefficient (Wildman–Crippen LogP) is 1.75. The van der Waals surface area contributed by atoms with Crippen LogP contribution in [-0.4, -0.2) is 20.2 Å². The van der Waals surface area contributed by atoms with E-state index in [0.717, 1.165) is 0 Å². The van der Waals surface area contributed by atoms with Crippen LogP contribution in [0, 0.1) is 17.7 Å². The van der Waals surface area contributed by atoms with Crippen molar-refractivity contribution in [1.82, 2.24) is 0 Å². The largest absolute Gasteiger partial charge is 0.467 e. The smallest absolute Gasteiger partial charge is 0.188 e. The zero-order valence-corrected chi connectivity index (χ0v) is 8.83. The second kappa shape index (κ2) is 6.59. The molecule has 0 amide bonds. The molecule has 0 bridgehead atoms. The highest BCUT2D eigenvalue weighted by Gasteiger charge is 2.01. The predicted molar refractivity (Wildman–Crippen MR) is 56.5 cm³/mol. The van der Waals surface area contributed by atoms with Gasteiger partial charge in [-0.3, -0.25) is 0 Å². The van der Waals surface area contributed by atoms with Gasteiger partial charge in [-0.25, -0.2) is 4.39 Å². The van der Waals surface area contributed by atoms with Crippen LogP contribution in [0.1, 0.15) is 12.0 Å². The minimum Gasteiger partial charge on any atom is -0.467 e. The number of carbonyl (C=O) groups excluding carboxylic acids is 1. The molecule has 0 aliphatic rings. The fraction of sp³-hybridized carbons (Fsp3) is 0.250. The molecule has 3 nitrogen and oxygen atoms in total. The molecule has 0 N–H and O–H groups in total. The first-order chi connectivity index (χ1) is 7.77. The molecule has 4 heteroatoms. The second-order valence-corrected chi connectivity index (χ2v) is 2.87. The highest BCUT2D eigenvalue weighted by Crippen LogP contribution is 2.15. The first kappa shape index (κ1) is 12.2. The quantitative estimate of drug-likeness (QED) is 0.442. The van der Waals surface area contributed by atoms with Crippen LogP contribution in [0.5, 0.6) is 5.75 Å². The molecule has 0 aliphatic heterocycles. The average Bonchev–Trinajstić information content (AvgIpc) is 2.29. The van der Waals surface area contributed by atoms with E-state index in [4.69, 9.17) is 4.74 Å². The first-order valence-electron chi connectivity index (χ1n) is 4.61. The van der Waals surface area contributed by atoms with Crippen molar-refractivity contribution >= 4 is 6.29 Å². The Morgan fingerprint density at radius 2 is 2.31 bits per heavy atom. The van der Waals surface area contributed by atoms with Gasteiger partial charge in [0.05, 0.1) is 12.0 Å². The Hall–Kier alpha value is -1.86. The molecule has 0 aromatic heterocycles. The van der Waals surface area contributed by atoms with Gasteiger partial charge in [0.2, 0.25) is 0 Å². The van der Waals surface area contributed by atoms with Gasteiger partial charge in [0.15, 0.2) is 6.79 Å². The molecule has 0 fully saturated rings. The van der Waals surface area contributed by atoms with E-state index >= 15 is 0 Å². The number of ether oxygens (including phenoxy) is 2. The topological polar surface area (TPSA) is 35.5 Å². The van der Waals surface area contributed by atoms with E-state index in [0.29, 0.717) is 12.0 Å². The van der Waals surface area contributed by atoms with Gasteiger partial charge < -0.3 is 14.3 Å². The van der Waals surface area contributed by atoms with Crippen LogP contribution >= 0.6 is 0 Å². The van der Waals surface area contributed by atoms with Crippen molar-refractivity contribution in [3.05, 3.63) is 29.6 Å². The third-order valence-corrected chi connectivity index (χ3v) is 1.69. The second-order valence-electron chi connectivity index (χ2n) is 2.87. The summed E-state index contributed by atoms with van der Waals surface area (Å²) in [6, 6.07) is 4.31. The maximum Gasteiger partial charge on any atom is 0.188 e. The van der Waals surface area contributed by atoms with Crippen molar-refractivity contribution < 1.29 is 18.7 Å². The number of benzene rings is 1. The molecule has 0 aliphatic carbocycles. The van der Waals surface area contributed by atoms with Crippen molar-refractivity contribution in [1.29, 1.82) is 0 Å². The van der Waals surface area contributed by atoms with Crippen LogP contribution in [0.3, 0.4) is 0 Å². The molecule has 84 valence electrons. The molecule has 0 spiro atoms. The Balaban J connectivity index is 2.76. The summed E-state index contributed by atoms with van der Waals surface area (Å²) in [5, 5.41) is 0. The summed E-state index contributed by atoms with van der Waals surface area (Å²) in [6.45, 7) is 0.0651.